The van der Waals surface area contributed by atoms with Gasteiger partial charge < -0.3 is 9.64 Å². The van der Waals surface area contributed by atoms with Gasteiger partial charge in [0.1, 0.15) is 5.69 Å². The van der Waals surface area contributed by atoms with Crippen LogP contribution < -0.4 is 9.64 Å². The fourth-order valence-corrected chi connectivity index (χ4v) is 2.05. The number of methoxy groups -OCH3 is 1. The smallest absolute Gasteiger partial charge is 0.333 e. The summed E-state index contributed by atoms with van der Waals surface area (Å²) in [6.45, 7) is 5.18. The van der Waals surface area contributed by atoms with E-state index in [1.54, 1.807) is 18.2 Å². The summed E-state index contributed by atoms with van der Waals surface area (Å²) in [6.07, 6.45) is 0.321. The van der Waals surface area contributed by atoms with E-state index in [-0.39, 0.29) is 11.4 Å². The number of hydrogen-bond donors (Lipinski definition) is 0. The average Bonchev–Trinajstić information content (AvgIpc) is 2.41. The number of nitro benzene ring substituents is 1. The predicted molar refractivity (Wildman–Crippen MR) is 76.9 cm³/mol. The number of para-hydroxylation sites is 1. The largest absolute Gasteiger partial charge is 0.490 e. The van der Waals surface area contributed by atoms with Crippen LogP contribution in [0.5, 0.6) is 5.75 Å². The Bertz CT molecular complexity index is 509. The van der Waals surface area contributed by atoms with Crippen LogP contribution in [0.15, 0.2) is 18.2 Å². The van der Waals surface area contributed by atoms with E-state index in [4.69, 9.17) is 10.00 Å². The van der Waals surface area contributed by atoms with Gasteiger partial charge in [-0.25, -0.2) is 0 Å². The van der Waals surface area contributed by atoms with Crippen molar-refractivity contribution in [3.05, 3.63) is 28.3 Å². The lowest BCUT2D eigenvalue weighted by molar-refractivity contribution is -0.385. The van der Waals surface area contributed by atoms with E-state index < -0.39 is 4.92 Å². The van der Waals surface area contributed by atoms with E-state index in [1.165, 1.54) is 7.11 Å². The van der Waals surface area contributed by atoms with Crippen molar-refractivity contribution in [2.75, 3.05) is 25.1 Å². The summed E-state index contributed by atoms with van der Waals surface area (Å²) in [5, 5.41) is 20.0. The Labute approximate surface area is 118 Å². The minimum Gasteiger partial charge on any atom is -0.490 e. The van der Waals surface area contributed by atoms with Gasteiger partial charge in [-0.15, -0.1) is 0 Å². The summed E-state index contributed by atoms with van der Waals surface area (Å²) in [5.41, 5.74) is 0.451. The second kappa shape index (κ2) is 7.34. The summed E-state index contributed by atoms with van der Waals surface area (Å²) >= 11 is 0. The highest BCUT2D eigenvalue weighted by Gasteiger charge is 2.24. The molecule has 0 radical (unpaired) electrons. The van der Waals surface area contributed by atoms with Gasteiger partial charge in [-0.05, 0) is 18.1 Å². The molecular formula is C14H19N3O3. The molecule has 0 aliphatic heterocycles. The van der Waals surface area contributed by atoms with Crippen LogP contribution in [0.4, 0.5) is 11.4 Å². The molecule has 0 saturated carbocycles. The predicted octanol–water partition coefficient (Wildman–Crippen LogP) is 2.98. The molecule has 0 amide bonds. The monoisotopic (exact) mass is 277 g/mol. The Balaban J connectivity index is 3.24. The molecule has 20 heavy (non-hydrogen) atoms. The third-order valence-corrected chi connectivity index (χ3v) is 2.80. The van der Waals surface area contributed by atoms with Crippen molar-refractivity contribution in [2.24, 2.45) is 5.92 Å². The maximum absolute atomic E-state index is 11.3. The van der Waals surface area contributed by atoms with Crippen molar-refractivity contribution >= 4 is 11.4 Å². The second-order valence-corrected chi connectivity index (χ2v) is 4.83. The summed E-state index contributed by atoms with van der Waals surface area (Å²) in [6, 6.07) is 7.06. The number of anilines is 1. The maximum Gasteiger partial charge on any atom is 0.333 e. The van der Waals surface area contributed by atoms with E-state index in [1.807, 2.05) is 18.7 Å². The van der Waals surface area contributed by atoms with Gasteiger partial charge in [-0.1, -0.05) is 19.9 Å². The first-order valence-electron chi connectivity index (χ1n) is 6.44. The minimum absolute atomic E-state index is 0.0476. The van der Waals surface area contributed by atoms with Crippen LogP contribution >= 0.6 is 0 Å². The first-order valence-corrected chi connectivity index (χ1v) is 6.44. The van der Waals surface area contributed by atoms with E-state index >= 15 is 0 Å². The Morgan fingerprint density at radius 3 is 2.70 bits per heavy atom. The molecule has 0 N–H and O–H groups in total. The molecule has 0 spiro atoms. The summed E-state index contributed by atoms with van der Waals surface area (Å²) in [4.78, 5) is 12.7. The van der Waals surface area contributed by atoms with E-state index in [0.717, 1.165) is 0 Å². The number of rotatable bonds is 7. The van der Waals surface area contributed by atoms with Gasteiger partial charge in [0.25, 0.3) is 0 Å². The molecule has 1 aromatic carbocycles. The Morgan fingerprint density at radius 2 is 2.20 bits per heavy atom. The lowest BCUT2D eigenvalue weighted by Crippen LogP contribution is -2.29. The number of benzene rings is 1. The average molecular weight is 277 g/mol. The Hall–Kier alpha value is -2.29. The van der Waals surface area contributed by atoms with Gasteiger partial charge in [0.15, 0.2) is 5.75 Å². The molecule has 0 heterocycles. The van der Waals surface area contributed by atoms with Gasteiger partial charge in [-0.3, -0.25) is 10.1 Å². The van der Waals surface area contributed by atoms with Crippen molar-refractivity contribution in [1.29, 1.82) is 5.26 Å². The van der Waals surface area contributed by atoms with Crippen molar-refractivity contribution in [1.82, 2.24) is 0 Å². The zero-order valence-corrected chi connectivity index (χ0v) is 12.0. The Morgan fingerprint density at radius 1 is 1.50 bits per heavy atom. The molecule has 0 saturated heterocycles. The normalized spacial score (nSPS) is 10.2. The summed E-state index contributed by atoms with van der Waals surface area (Å²) in [7, 11) is 1.41. The molecule has 6 heteroatoms. The van der Waals surface area contributed by atoms with Gasteiger partial charge in [0.2, 0.25) is 0 Å². The highest BCUT2D eigenvalue weighted by Crippen LogP contribution is 2.37. The summed E-state index contributed by atoms with van der Waals surface area (Å²) < 4.78 is 5.07. The molecular weight excluding hydrogens is 258 g/mol. The number of nitrogens with zero attached hydrogens (tertiary/aromatic N) is 3. The number of hydrogen-bond acceptors (Lipinski definition) is 5. The number of ether oxygens (including phenoxy) is 1. The van der Waals surface area contributed by atoms with Gasteiger partial charge in [0.05, 0.1) is 24.5 Å². The molecule has 108 valence electrons. The van der Waals surface area contributed by atoms with E-state index in [0.29, 0.717) is 31.1 Å². The van der Waals surface area contributed by atoms with Crippen molar-refractivity contribution in [3.8, 4) is 11.8 Å². The van der Waals surface area contributed by atoms with Crippen molar-refractivity contribution in [3.63, 3.8) is 0 Å². The lowest BCUT2D eigenvalue weighted by Gasteiger charge is -2.25. The van der Waals surface area contributed by atoms with E-state index in [9.17, 15) is 10.1 Å². The molecule has 0 aliphatic carbocycles. The van der Waals surface area contributed by atoms with Crippen molar-refractivity contribution in [2.45, 2.75) is 20.3 Å². The second-order valence-electron chi connectivity index (χ2n) is 4.83. The Kier molecular flexibility index (Phi) is 5.78. The zero-order valence-electron chi connectivity index (χ0n) is 12.0. The molecule has 1 aromatic rings. The zero-order chi connectivity index (χ0) is 15.1. The molecule has 0 atom stereocenters. The molecule has 0 fully saturated rings. The highest BCUT2D eigenvalue weighted by molar-refractivity contribution is 5.69. The first-order chi connectivity index (χ1) is 9.51. The third kappa shape index (κ3) is 3.85. The number of nitro groups is 1. The molecule has 0 unspecified atom stereocenters. The molecule has 1 rings (SSSR count). The first kappa shape index (κ1) is 15.8. The topological polar surface area (TPSA) is 79.4 Å². The molecule has 0 aliphatic rings. The third-order valence-electron chi connectivity index (χ3n) is 2.80. The van der Waals surface area contributed by atoms with Crippen LogP contribution in [0.2, 0.25) is 0 Å². The minimum atomic E-state index is -0.437. The quantitative estimate of drug-likeness (QED) is 0.565. The highest BCUT2D eigenvalue weighted by atomic mass is 16.6. The van der Waals surface area contributed by atoms with Gasteiger partial charge in [-0.2, -0.15) is 5.26 Å². The van der Waals surface area contributed by atoms with Crippen LogP contribution in [-0.4, -0.2) is 25.1 Å². The van der Waals surface area contributed by atoms with Crippen LogP contribution in [0.1, 0.15) is 20.3 Å². The SMILES string of the molecule is COc1cccc(N(CCC#N)CC(C)C)c1[N+](=O)[O-]. The molecule has 0 bridgehead atoms. The van der Waals surface area contributed by atoms with Crippen LogP contribution in [-0.2, 0) is 0 Å². The number of nitriles is 1. The summed E-state index contributed by atoms with van der Waals surface area (Å²) in [5.74, 6) is 0.567. The van der Waals surface area contributed by atoms with Crippen LogP contribution in [0, 0.1) is 27.4 Å². The van der Waals surface area contributed by atoms with Crippen molar-refractivity contribution < 1.29 is 9.66 Å². The van der Waals surface area contributed by atoms with Crippen LogP contribution in [0.25, 0.3) is 0 Å². The molecule has 0 aromatic heterocycles. The standard InChI is InChI=1S/C14H19N3O3/c1-11(2)10-16(9-5-8-15)12-6-4-7-13(20-3)14(12)17(18)19/h4,6-7,11H,5,9-10H2,1-3H3. The van der Waals surface area contributed by atoms with Crippen LogP contribution in [0.3, 0.4) is 0 Å². The molecule has 6 nitrogen and oxygen atoms in total. The fourth-order valence-electron chi connectivity index (χ4n) is 2.05. The maximum atomic E-state index is 11.3. The fraction of sp³-hybridized carbons (Fsp3) is 0.500. The van der Waals surface area contributed by atoms with Gasteiger partial charge >= 0.3 is 5.69 Å². The van der Waals surface area contributed by atoms with E-state index in [2.05, 4.69) is 6.07 Å². The lowest BCUT2D eigenvalue weighted by atomic mass is 10.1. The van der Waals surface area contributed by atoms with Gasteiger partial charge in [0, 0.05) is 13.1 Å².